The second-order valence-corrected chi connectivity index (χ2v) is 4.00. The van der Waals surface area contributed by atoms with Gasteiger partial charge in [-0.2, -0.15) is 0 Å². The molecule has 82 valence electrons. The first-order valence-corrected chi connectivity index (χ1v) is 5.78. The van der Waals surface area contributed by atoms with E-state index in [1.165, 1.54) is 4.90 Å². The number of nitrogens with one attached hydrogen (secondary N) is 1. The fourth-order valence-electron chi connectivity index (χ4n) is 1.12. The summed E-state index contributed by atoms with van der Waals surface area (Å²) in [6, 6.07) is 7.77. The Labute approximate surface area is 93.5 Å². The molecule has 1 aromatic rings. The van der Waals surface area contributed by atoms with Gasteiger partial charge >= 0.3 is 0 Å². The van der Waals surface area contributed by atoms with Crippen LogP contribution in [0, 0.1) is 0 Å². The van der Waals surface area contributed by atoms with Crippen LogP contribution < -0.4 is 11.1 Å². The summed E-state index contributed by atoms with van der Waals surface area (Å²) in [6.07, 6.45) is 2.02. The van der Waals surface area contributed by atoms with Gasteiger partial charge in [-0.1, -0.05) is 11.2 Å². The van der Waals surface area contributed by atoms with Crippen LogP contribution in [0.1, 0.15) is 6.92 Å². The summed E-state index contributed by atoms with van der Waals surface area (Å²) >= 11 is 1.67. The highest BCUT2D eigenvalue weighted by molar-refractivity contribution is 7.98. The molecule has 0 bridgehead atoms. The average Bonchev–Trinajstić information content (AvgIpc) is 2.28. The Morgan fingerprint density at radius 1 is 1.60 bits per heavy atom. The highest BCUT2D eigenvalue weighted by Gasteiger charge is 2.06. The zero-order chi connectivity index (χ0) is 11.3. The third kappa shape index (κ3) is 3.36. The first kappa shape index (κ1) is 11.7. The smallest absolute Gasteiger partial charge is 0.161 e. The third-order valence-corrected chi connectivity index (χ3v) is 2.74. The number of nitrogens with two attached hydrogens (primary N) is 1. The van der Waals surface area contributed by atoms with Crippen molar-refractivity contribution >= 4 is 23.3 Å². The minimum atomic E-state index is -0.188. The summed E-state index contributed by atoms with van der Waals surface area (Å²) in [5.41, 5.74) is 6.43. The van der Waals surface area contributed by atoms with Crippen molar-refractivity contribution in [3.05, 3.63) is 24.3 Å². The number of thioether (sulfide) groups is 1. The maximum atomic E-state index is 8.50. The van der Waals surface area contributed by atoms with E-state index in [0.29, 0.717) is 0 Å². The lowest BCUT2D eigenvalue weighted by Crippen LogP contribution is -2.32. The number of amidine groups is 1. The van der Waals surface area contributed by atoms with Crippen LogP contribution in [0.5, 0.6) is 0 Å². The van der Waals surface area contributed by atoms with Crippen molar-refractivity contribution in [2.45, 2.75) is 17.9 Å². The van der Waals surface area contributed by atoms with Crippen molar-refractivity contribution in [1.82, 2.24) is 0 Å². The lowest BCUT2D eigenvalue weighted by atomic mass is 10.2. The molecule has 5 heteroatoms. The minimum Gasteiger partial charge on any atom is -0.409 e. The maximum absolute atomic E-state index is 8.50. The zero-order valence-corrected chi connectivity index (χ0v) is 9.58. The second kappa shape index (κ2) is 5.50. The Morgan fingerprint density at radius 3 is 2.93 bits per heavy atom. The highest BCUT2D eigenvalue weighted by atomic mass is 32.2. The molecule has 1 rings (SSSR count). The molecule has 0 radical (unpaired) electrons. The van der Waals surface area contributed by atoms with Crippen LogP contribution in [0.2, 0.25) is 0 Å². The zero-order valence-electron chi connectivity index (χ0n) is 8.77. The van der Waals surface area contributed by atoms with E-state index < -0.39 is 0 Å². The Kier molecular flexibility index (Phi) is 4.30. The molecule has 1 atom stereocenters. The number of hydrogen-bond acceptors (Lipinski definition) is 4. The van der Waals surface area contributed by atoms with Gasteiger partial charge in [-0.15, -0.1) is 11.8 Å². The topological polar surface area (TPSA) is 70.6 Å². The normalized spacial score (nSPS) is 13.6. The van der Waals surface area contributed by atoms with Crippen LogP contribution in [0.15, 0.2) is 34.3 Å². The van der Waals surface area contributed by atoms with Crippen LogP contribution in [-0.4, -0.2) is 23.3 Å². The minimum absolute atomic E-state index is 0.171. The monoisotopic (exact) mass is 225 g/mol. The molecule has 4 nitrogen and oxygen atoms in total. The van der Waals surface area contributed by atoms with Gasteiger partial charge in [-0.05, 0) is 31.4 Å². The van der Waals surface area contributed by atoms with E-state index in [9.17, 15) is 0 Å². The molecule has 0 amide bonds. The molecule has 0 spiro atoms. The van der Waals surface area contributed by atoms with E-state index in [1.54, 1.807) is 11.8 Å². The Bertz CT molecular complexity index is 354. The van der Waals surface area contributed by atoms with Crippen molar-refractivity contribution in [2.24, 2.45) is 10.9 Å². The summed E-state index contributed by atoms with van der Waals surface area (Å²) < 4.78 is 0. The molecule has 15 heavy (non-hydrogen) atoms. The Morgan fingerprint density at radius 2 is 2.33 bits per heavy atom. The van der Waals surface area contributed by atoms with E-state index in [1.807, 2.05) is 37.4 Å². The average molecular weight is 225 g/mol. The fraction of sp³-hybridized carbons (Fsp3) is 0.300. The van der Waals surface area contributed by atoms with Gasteiger partial charge in [0.1, 0.15) is 0 Å². The molecule has 0 aliphatic rings. The van der Waals surface area contributed by atoms with Gasteiger partial charge in [0.05, 0.1) is 6.04 Å². The van der Waals surface area contributed by atoms with Crippen molar-refractivity contribution in [3.63, 3.8) is 0 Å². The lowest BCUT2D eigenvalue weighted by Gasteiger charge is -2.13. The number of benzene rings is 1. The number of hydrogen-bond donors (Lipinski definition) is 3. The first-order valence-electron chi connectivity index (χ1n) is 4.55. The summed E-state index contributed by atoms with van der Waals surface area (Å²) in [7, 11) is 0. The SMILES string of the molecule is CSc1cccc(NC(C)C(N)=NO)c1. The van der Waals surface area contributed by atoms with Gasteiger partial charge in [-0.25, -0.2) is 0 Å². The molecule has 0 saturated carbocycles. The molecule has 0 heterocycles. The quantitative estimate of drug-likeness (QED) is 0.241. The van der Waals surface area contributed by atoms with Crippen LogP contribution >= 0.6 is 11.8 Å². The molecule has 0 saturated heterocycles. The van der Waals surface area contributed by atoms with Crippen LogP contribution in [0.4, 0.5) is 5.69 Å². The standard InChI is InChI=1S/C10H15N3OS/c1-7(10(11)13-14)12-8-4-3-5-9(6-8)15-2/h3-7,12,14H,1-2H3,(H2,11,13). The maximum Gasteiger partial charge on any atom is 0.161 e. The van der Waals surface area contributed by atoms with Gasteiger partial charge in [-0.3, -0.25) is 0 Å². The number of nitrogens with zero attached hydrogens (tertiary/aromatic N) is 1. The predicted molar refractivity (Wildman–Crippen MR) is 64.7 cm³/mol. The van der Waals surface area contributed by atoms with Crippen LogP contribution in [0.3, 0.4) is 0 Å². The summed E-state index contributed by atoms with van der Waals surface area (Å²) in [5.74, 6) is 0.171. The number of rotatable bonds is 4. The summed E-state index contributed by atoms with van der Waals surface area (Å²) in [5, 5.41) is 14.6. The molecule has 0 aromatic heterocycles. The third-order valence-electron chi connectivity index (χ3n) is 2.01. The molecule has 0 aliphatic heterocycles. The van der Waals surface area contributed by atoms with Crippen LogP contribution in [0.25, 0.3) is 0 Å². The van der Waals surface area contributed by atoms with E-state index in [2.05, 4.69) is 10.5 Å². The van der Waals surface area contributed by atoms with Crippen LogP contribution in [-0.2, 0) is 0 Å². The van der Waals surface area contributed by atoms with Crippen molar-refractivity contribution in [3.8, 4) is 0 Å². The predicted octanol–water partition coefficient (Wildman–Crippen LogP) is 1.96. The van der Waals surface area contributed by atoms with E-state index in [4.69, 9.17) is 10.9 Å². The molecule has 1 aromatic carbocycles. The van der Waals surface area contributed by atoms with Gasteiger partial charge in [0.25, 0.3) is 0 Å². The summed E-state index contributed by atoms with van der Waals surface area (Å²) in [4.78, 5) is 1.17. The van der Waals surface area contributed by atoms with Gasteiger partial charge in [0.2, 0.25) is 0 Å². The molecule has 1 unspecified atom stereocenters. The number of anilines is 1. The van der Waals surface area contributed by atoms with E-state index >= 15 is 0 Å². The van der Waals surface area contributed by atoms with Crippen molar-refractivity contribution in [2.75, 3.05) is 11.6 Å². The highest BCUT2D eigenvalue weighted by Crippen LogP contribution is 2.19. The first-order chi connectivity index (χ1) is 7.17. The molecular formula is C10H15N3OS. The molecule has 0 fully saturated rings. The Hall–Kier alpha value is -1.36. The van der Waals surface area contributed by atoms with Gasteiger partial charge < -0.3 is 16.3 Å². The molecule has 4 N–H and O–H groups in total. The van der Waals surface area contributed by atoms with Gasteiger partial charge in [0, 0.05) is 10.6 Å². The van der Waals surface area contributed by atoms with E-state index in [0.717, 1.165) is 5.69 Å². The molecular weight excluding hydrogens is 210 g/mol. The fourth-order valence-corrected chi connectivity index (χ4v) is 1.58. The molecule has 0 aliphatic carbocycles. The van der Waals surface area contributed by atoms with Crippen molar-refractivity contribution < 1.29 is 5.21 Å². The van der Waals surface area contributed by atoms with Crippen molar-refractivity contribution in [1.29, 1.82) is 0 Å². The van der Waals surface area contributed by atoms with Gasteiger partial charge in [0.15, 0.2) is 5.84 Å². The number of oxime groups is 1. The lowest BCUT2D eigenvalue weighted by molar-refractivity contribution is 0.316. The summed E-state index contributed by atoms with van der Waals surface area (Å²) in [6.45, 7) is 1.83. The van der Waals surface area contributed by atoms with E-state index in [-0.39, 0.29) is 11.9 Å². The Balaban J connectivity index is 2.72. The second-order valence-electron chi connectivity index (χ2n) is 3.12. The largest absolute Gasteiger partial charge is 0.409 e.